The average Bonchev–Trinajstić information content (AvgIpc) is 2.78. The highest BCUT2D eigenvalue weighted by molar-refractivity contribution is 9.10. The molecule has 3 aromatic rings. The molecule has 0 aliphatic carbocycles. The van der Waals surface area contributed by atoms with Crippen LogP contribution < -0.4 is 5.32 Å². The molecule has 0 radical (unpaired) electrons. The summed E-state index contributed by atoms with van der Waals surface area (Å²) in [5.41, 5.74) is 2.79. The molecule has 0 aromatic heterocycles. The van der Waals surface area contributed by atoms with Crippen LogP contribution >= 0.6 is 15.9 Å². The van der Waals surface area contributed by atoms with E-state index in [9.17, 15) is 14.4 Å². The molecule has 1 N–H and O–H groups in total. The number of ketones is 1. The number of esters is 1. The average molecular weight is 480 g/mol. The van der Waals surface area contributed by atoms with E-state index in [2.05, 4.69) is 21.2 Å². The highest BCUT2D eigenvalue weighted by Gasteiger charge is 2.24. The van der Waals surface area contributed by atoms with Crippen LogP contribution in [-0.4, -0.2) is 30.3 Å². The van der Waals surface area contributed by atoms with Gasteiger partial charge >= 0.3 is 5.97 Å². The number of hydrogen-bond acceptors (Lipinski definition) is 4. The van der Waals surface area contributed by atoms with Crippen LogP contribution in [0.25, 0.3) is 0 Å². The lowest BCUT2D eigenvalue weighted by molar-refractivity contribution is -0.144. The van der Waals surface area contributed by atoms with E-state index in [4.69, 9.17) is 4.74 Å². The van der Waals surface area contributed by atoms with Crippen molar-refractivity contribution in [3.8, 4) is 0 Å². The first-order valence-electron chi connectivity index (χ1n) is 9.79. The summed E-state index contributed by atoms with van der Waals surface area (Å²) >= 11 is 3.33. The molecule has 0 aliphatic heterocycles. The van der Waals surface area contributed by atoms with Gasteiger partial charge < -0.3 is 10.1 Å². The Morgan fingerprint density at radius 1 is 0.871 bits per heavy atom. The molecule has 0 saturated heterocycles. The molecular formula is C25H22BrNO4. The standard InChI is InChI=1S/C25H22BrNO4/c1-17-7-9-19(10-8-17)23(28)16-31-25(30)22(15-18-5-3-2-4-6-18)27-24(29)20-11-13-21(26)14-12-20/h2-14,22H,15-16H2,1H3,(H,27,29)/t22-/m0/s1. The third kappa shape index (κ3) is 6.62. The normalized spacial score (nSPS) is 11.4. The lowest BCUT2D eigenvalue weighted by atomic mass is 10.1. The number of ether oxygens (including phenoxy) is 1. The molecule has 3 aromatic carbocycles. The summed E-state index contributed by atoms with van der Waals surface area (Å²) in [7, 11) is 0. The van der Waals surface area contributed by atoms with E-state index in [0.29, 0.717) is 11.1 Å². The van der Waals surface area contributed by atoms with Gasteiger partial charge in [0.1, 0.15) is 6.04 Å². The zero-order valence-electron chi connectivity index (χ0n) is 17.0. The van der Waals surface area contributed by atoms with Gasteiger partial charge in [-0.25, -0.2) is 4.79 Å². The first-order chi connectivity index (χ1) is 14.9. The van der Waals surface area contributed by atoms with Gasteiger partial charge in [0.15, 0.2) is 12.4 Å². The molecular weight excluding hydrogens is 458 g/mol. The fraction of sp³-hybridized carbons (Fsp3) is 0.160. The first-order valence-corrected chi connectivity index (χ1v) is 10.6. The molecule has 0 aliphatic rings. The molecule has 31 heavy (non-hydrogen) atoms. The Balaban J connectivity index is 1.69. The maximum absolute atomic E-state index is 12.8. The molecule has 6 heteroatoms. The van der Waals surface area contributed by atoms with E-state index in [1.54, 1.807) is 36.4 Å². The topological polar surface area (TPSA) is 72.5 Å². The van der Waals surface area contributed by atoms with Gasteiger partial charge in [-0.05, 0) is 36.8 Å². The number of nitrogens with one attached hydrogen (secondary N) is 1. The second kappa shape index (κ2) is 10.7. The van der Waals surface area contributed by atoms with Crippen molar-refractivity contribution in [2.24, 2.45) is 0 Å². The lowest BCUT2D eigenvalue weighted by Gasteiger charge is -2.18. The summed E-state index contributed by atoms with van der Waals surface area (Å²) in [6, 6.07) is 22.2. The Morgan fingerprint density at radius 2 is 1.48 bits per heavy atom. The maximum Gasteiger partial charge on any atom is 0.329 e. The van der Waals surface area contributed by atoms with E-state index in [1.165, 1.54) is 0 Å². The summed E-state index contributed by atoms with van der Waals surface area (Å²) in [5.74, 6) is -1.35. The Kier molecular flexibility index (Phi) is 7.73. The summed E-state index contributed by atoms with van der Waals surface area (Å²) in [6.45, 7) is 1.54. The minimum Gasteiger partial charge on any atom is -0.456 e. The summed E-state index contributed by atoms with van der Waals surface area (Å²) in [6.07, 6.45) is 0.251. The Bertz CT molecular complexity index is 1050. The van der Waals surface area contributed by atoms with E-state index in [0.717, 1.165) is 15.6 Å². The molecule has 0 saturated carbocycles. The Morgan fingerprint density at radius 3 is 2.13 bits per heavy atom. The predicted molar refractivity (Wildman–Crippen MR) is 122 cm³/mol. The van der Waals surface area contributed by atoms with E-state index >= 15 is 0 Å². The minimum atomic E-state index is -0.927. The van der Waals surface area contributed by atoms with Crippen molar-refractivity contribution in [2.75, 3.05) is 6.61 Å². The van der Waals surface area contributed by atoms with Crippen LogP contribution in [0.2, 0.25) is 0 Å². The molecule has 3 rings (SSSR count). The van der Waals surface area contributed by atoms with Gasteiger partial charge in [0, 0.05) is 22.0 Å². The van der Waals surface area contributed by atoms with E-state index in [-0.39, 0.29) is 18.8 Å². The molecule has 1 atom stereocenters. The third-order valence-electron chi connectivity index (χ3n) is 4.70. The molecule has 5 nitrogen and oxygen atoms in total. The fourth-order valence-corrected chi connectivity index (χ4v) is 3.21. The van der Waals surface area contributed by atoms with Crippen molar-refractivity contribution in [1.82, 2.24) is 5.32 Å². The van der Waals surface area contributed by atoms with Gasteiger partial charge in [-0.3, -0.25) is 9.59 Å². The van der Waals surface area contributed by atoms with Crippen molar-refractivity contribution in [3.63, 3.8) is 0 Å². The van der Waals surface area contributed by atoms with Crippen LogP contribution in [0.3, 0.4) is 0 Å². The Labute approximate surface area is 189 Å². The first kappa shape index (κ1) is 22.4. The maximum atomic E-state index is 12.8. The minimum absolute atomic E-state index is 0.251. The number of aryl methyl sites for hydroxylation is 1. The quantitative estimate of drug-likeness (QED) is 0.380. The van der Waals surface area contributed by atoms with Crippen LogP contribution in [0.5, 0.6) is 0 Å². The van der Waals surface area contributed by atoms with Crippen LogP contribution in [0.4, 0.5) is 0 Å². The highest BCUT2D eigenvalue weighted by atomic mass is 79.9. The number of Topliss-reactive ketones (excluding diaryl/α,β-unsaturated/α-hetero) is 1. The molecule has 0 fully saturated rings. The van der Waals surface area contributed by atoms with Crippen molar-refractivity contribution >= 4 is 33.6 Å². The zero-order valence-corrected chi connectivity index (χ0v) is 18.6. The van der Waals surface area contributed by atoms with Crippen molar-refractivity contribution in [1.29, 1.82) is 0 Å². The molecule has 0 spiro atoms. The summed E-state index contributed by atoms with van der Waals surface area (Å²) in [4.78, 5) is 37.8. The van der Waals surface area contributed by atoms with Gasteiger partial charge in [-0.15, -0.1) is 0 Å². The monoisotopic (exact) mass is 479 g/mol. The van der Waals surface area contributed by atoms with Crippen molar-refractivity contribution in [3.05, 3.63) is 106 Å². The van der Waals surface area contributed by atoms with Gasteiger partial charge in [-0.2, -0.15) is 0 Å². The SMILES string of the molecule is Cc1ccc(C(=O)COC(=O)[C@H](Cc2ccccc2)NC(=O)c2ccc(Br)cc2)cc1. The van der Waals surface area contributed by atoms with E-state index < -0.39 is 17.9 Å². The number of rotatable bonds is 8. The highest BCUT2D eigenvalue weighted by Crippen LogP contribution is 2.12. The predicted octanol–water partition coefficient (Wildman–Crippen LogP) is 4.52. The van der Waals surface area contributed by atoms with E-state index in [1.807, 2.05) is 49.4 Å². The van der Waals surface area contributed by atoms with Crippen LogP contribution in [0, 0.1) is 6.92 Å². The number of carbonyl (C=O) groups excluding carboxylic acids is 3. The largest absolute Gasteiger partial charge is 0.456 e. The van der Waals surface area contributed by atoms with Crippen LogP contribution in [-0.2, 0) is 16.0 Å². The van der Waals surface area contributed by atoms with Gasteiger partial charge in [-0.1, -0.05) is 76.1 Å². The number of amides is 1. The number of carbonyl (C=O) groups is 3. The molecule has 158 valence electrons. The second-order valence-electron chi connectivity index (χ2n) is 7.12. The summed E-state index contributed by atoms with van der Waals surface area (Å²) in [5, 5.41) is 2.73. The molecule has 1 amide bonds. The number of halogens is 1. The third-order valence-corrected chi connectivity index (χ3v) is 5.23. The molecule has 0 unspecified atom stereocenters. The zero-order chi connectivity index (χ0) is 22.2. The lowest BCUT2D eigenvalue weighted by Crippen LogP contribution is -2.43. The summed E-state index contributed by atoms with van der Waals surface area (Å²) < 4.78 is 6.11. The smallest absolute Gasteiger partial charge is 0.329 e. The second-order valence-corrected chi connectivity index (χ2v) is 8.04. The van der Waals surface area contributed by atoms with Crippen molar-refractivity contribution in [2.45, 2.75) is 19.4 Å². The number of hydrogen-bond donors (Lipinski definition) is 1. The van der Waals surface area contributed by atoms with Gasteiger partial charge in [0.05, 0.1) is 0 Å². The molecule has 0 bridgehead atoms. The fourth-order valence-electron chi connectivity index (χ4n) is 2.95. The van der Waals surface area contributed by atoms with Gasteiger partial charge in [0.2, 0.25) is 0 Å². The van der Waals surface area contributed by atoms with Crippen LogP contribution in [0.1, 0.15) is 31.8 Å². The Hall–Kier alpha value is -3.25. The molecule has 0 heterocycles. The van der Waals surface area contributed by atoms with Gasteiger partial charge in [0.25, 0.3) is 5.91 Å². The van der Waals surface area contributed by atoms with Crippen molar-refractivity contribution < 1.29 is 19.1 Å². The van der Waals surface area contributed by atoms with Crippen LogP contribution in [0.15, 0.2) is 83.3 Å². The number of benzene rings is 3.